The molecule has 1 fully saturated rings. The molecule has 6 nitrogen and oxygen atoms in total. The summed E-state index contributed by atoms with van der Waals surface area (Å²) in [5, 5.41) is 4.32. The molecule has 0 saturated carbocycles. The van der Waals surface area contributed by atoms with Crippen molar-refractivity contribution in [2.24, 2.45) is 5.16 Å². The number of oxime groups is 1. The van der Waals surface area contributed by atoms with Gasteiger partial charge in [-0.25, -0.2) is 13.2 Å². The quantitative estimate of drug-likeness (QED) is 0.491. The molecule has 0 amide bonds. The maximum Gasteiger partial charge on any atom is 0.248 e. The highest BCUT2D eigenvalue weighted by molar-refractivity contribution is 6.02. The van der Waals surface area contributed by atoms with E-state index in [1.165, 1.54) is 6.07 Å². The fraction of sp³-hybridized carbons (Fsp3) is 0.259. The zero-order valence-electron chi connectivity index (χ0n) is 19.6. The number of hydrogen-bond donors (Lipinski definition) is 1. The summed E-state index contributed by atoms with van der Waals surface area (Å²) in [7, 11) is 1.57. The van der Waals surface area contributed by atoms with Crippen LogP contribution in [0.4, 0.5) is 13.2 Å². The molecule has 1 N–H and O–H groups in total. The molecule has 0 aliphatic carbocycles. The summed E-state index contributed by atoms with van der Waals surface area (Å²) in [6.45, 7) is 0.882. The van der Waals surface area contributed by atoms with Crippen LogP contribution in [0.1, 0.15) is 36.4 Å². The predicted molar refractivity (Wildman–Crippen MR) is 130 cm³/mol. The molecule has 5 rings (SSSR count). The largest absolute Gasteiger partial charge is 0.496 e. The van der Waals surface area contributed by atoms with Gasteiger partial charge in [0.2, 0.25) is 5.56 Å². The standard InChI is InChI=1S/C27H24F3N3O3/c1-35-24-12-16(4-5-20(24)17-6-8-31-25(34)15-17)11-18-3-2-9-33-23(7-10-36-32-27(18)33)19-13-21(28)26(30)22(29)14-19/h4-6,8,11-15,23H,2-3,7,9-10H2,1H3,(H,31,34)/b18-11+. The van der Waals surface area contributed by atoms with Gasteiger partial charge in [0.1, 0.15) is 12.4 Å². The lowest BCUT2D eigenvalue weighted by molar-refractivity contribution is 0.140. The molecule has 1 unspecified atom stereocenters. The van der Waals surface area contributed by atoms with Crippen LogP contribution in [0.15, 0.2) is 64.2 Å². The van der Waals surface area contributed by atoms with E-state index < -0.39 is 23.5 Å². The lowest BCUT2D eigenvalue weighted by atomic mass is 9.94. The third kappa shape index (κ3) is 4.60. The van der Waals surface area contributed by atoms with Gasteiger partial charge in [-0.1, -0.05) is 17.3 Å². The SMILES string of the molecule is COc1cc(/C=C2\CCCN3C2=NOCCC3c2cc(F)c(F)c(F)c2)ccc1-c1cc[nH]c(=O)c1. The van der Waals surface area contributed by atoms with Crippen LogP contribution in [0.3, 0.4) is 0 Å². The topological polar surface area (TPSA) is 66.9 Å². The van der Waals surface area contributed by atoms with Gasteiger partial charge < -0.3 is 19.5 Å². The second-order valence-electron chi connectivity index (χ2n) is 8.72. The molecule has 9 heteroatoms. The Bertz CT molecular complexity index is 1390. The van der Waals surface area contributed by atoms with E-state index in [1.54, 1.807) is 19.4 Å². The Kier molecular flexibility index (Phi) is 6.54. The molecule has 2 aliphatic rings. The van der Waals surface area contributed by atoms with Crippen LogP contribution >= 0.6 is 0 Å². The summed E-state index contributed by atoms with van der Waals surface area (Å²) in [5.41, 5.74) is 3.43. The van der Waals surface area contributed by atoms with Crippen molar-refractivity contribution >= 4 is 11.9 Å². The molecule has 0 spiro atoms. The maximum atomic E-state index is 14.0. The van der Waals surface area contributed by atoms with Crippen LogP contribution in [0.5, 0.6) is 5.75 Å². The molecule has 2 aliphatic heterocycles. The van der Waals surface area contributed by atoms with Crippen LogP contribution in [0.2, 0.25) is 0 Å². The van der Waals surface area contributed by atoms with Gasteiger partial charge in [0.25, 0.3) is 0 Å². The molecule has 1 aromatic heterocycles. The highest BCUT2D eigenvalue weighted by Crippen LogP contribution is 2.36. The second kappa shape index (κ2) is 9.93. The lowest BCUT2D eigenvalue weighted by Gasteiger charge is -2.36. The first-order valence-corrected chi connectivity index (χ1v) is 11.6. The second-order valence-corrected chi connectivity index (χ2v) is 8.72. The smallest absolute Gasteiger partial charge is 0.248 e. The van der Waals surface area contributed by atoms with Crippen molar-refractivity contribution in [1.29, 1.82) is 0 Å². The number of amidine groups is 1. The number of methoxy groups -OCH3 is 1. The summed E-state index contributed by atoms with van der Waals surface area (Å²) in [5.74, 6) is -2.71. The third-order valence-corrected chi connectivity index (χ3v) is 6.46. The fourth-order valence-corrected chi connectivity index (χ4v) is 4.78. The Morgan fingerprint density at radius 2 is 1.94 bits per heavy atom. The van der Waals surface area contributed by atoms with E-state index in [9.17, 15) is 18.0 Å². The van der Waals surface area contributed by atoms with Crippen molar-refractivity contribution in [2.45, 2.75) is 25.3 Å². The average molecular weight is 496 g/mol. The van der Waals surface area contributed by atoms with Gasteiger partial charge in [-0.3, -0.25) is 4.79 Å². The van der Waals surface area contributed by atoms with Crippen molar-refractivity contribution in [2.75, 3.05) is 20.3 Å². The Morgan fingerprint density at radius 1 is 1.14 bits per heavy atom. The zero-order valence-corrected chi connectivity index (χ0v) is 19.6. The molecule has 1 saturated heterocycles. The van der Waals surface area contributed by atoms with Crippen molar-refractivity contribution in [3.63, 3.8) is 0 Å². The summed E-state index contributed by atoms with van der Waals surface area (Å²) in [6.07, 6.45) is 5.55. The van der Waals surface area contributed by atoms with Gasteiger partial charge in [0, 0.05) is 30.8 Å². The Hall–Kier alpha value is -4.01. The number of H-pyrrole nitrogens is 1. The number of hydrogen-bond acceptors (Lipinski definition) is 5. The molecule has 3 heterocycles. The molecule has 186 valence electrons. The van der Waals surface area contributed by atoms with Gasteiger partial charge in [-0.15, -0.1) is 0 Å². The van der Waals surface area contributed by atoms with Crippen LogP contribution in [0.25, 0.3) is 17.2 Å². The van der Waals surface area contributed by atoms with Crippen molar-refractivity contribution in [3.8, 4) is 16.9 Å². The average Bonchev–Trinajstić information content (AvgIpc) is 3.10. The Labute approximate surface area is 205 Å². The molecule has 36 heavy (non-hydrogen) atoms. The van der Waals surface area contributed by atoms with Crippen LogP contribution in [-0.4, -0.2) is 36.0 Å². The van der Waals surface area contributed by atoms with E-state index in [0.29, 0.717) is 30.1 Å². The number of benzene rings is 2. The number of aromatic nitrogens is 1. The van der Waals surface area contributed by atoms with Gasteiger partial charge in [0.15, 0.2) is 23.3 Å². The number of pyridine rings is 1. The molecule has 0 bridgehead atoms. The van der Waals surface area contributed by atoms with Gasteiger partial charge >= 0.3 is 0 Å². The highest BCUT2D eigenvalue weighted by Gasteiger charge is 2.32. The molecule has 3 aromatic rings. The van der Waals surface area contributed by atoms with Gasteiger partial charge in [-0.05, 0) is 65.4 Å². The van der Waals surface area contributed by atoms with E-state index >= 15 is 0 Å². The van der Waals surface area contributed by atoms with Crippen LogP contribution in [-0.2, 0) is 4.84 Å². The first kappa shape index (κ1) is 23.7. The highest BCUT2D eigenvalue weighted by atomic mass is 19.2. The van der Waals surface area contributed by atoms with E-state index in [4.69, 9.17) is 9.57 Å². The van der Waals surface area contributed by atoms with E-state index in [-0.39, 0.29) is 12.2 Å². The van der Waals surface area contributed by atoms with Crippen molar-refractivity contribution < 1.29 is 22.7 Å². The van der Waals surface area contributed by atoms with Gasteiger partial charge in [0.05, 0.1) is 13.2 Å². The first-order chi connectivity index (χ1) is 17.4. The zero-order chi connectivity index (χ0) is 25.2. The van der Waals surface area contributed by atoms with Gasteiger partial charge in [-0.2, -0.15) is 0 Å². The lowest BCUT2D eigenvalue weighted by Crippen LogP contribution is -2.39. The Morgan fingerprint density at radius 3 is 2.69 bits per heavy atom. The summed E-state index contributed by atoms with van der Waals surface area (Å²) >= 11 is 0. The number of aromatic amines is 1. The number of nitrogens with zero attached hydrogens (tertiary/aromatic N) is 2. The summed E-state index contributed by atoms with van der Waals surface area (Å²) < 4.78 is 47.2. The molecule has 0 radical (unpaired) electrons. The van der Waals surface area contributed by atoms with Crippen LogP contribution < -0.4 is 10.3 Å². The first-order valence-electron chi connectivity index (χ1n) is 11.6. The Balaban J connectivity index is 1.49. The van der Waals surface area contributed by atoms with E-state index in [1.807, 2.05) is 29.2 Å². The summed E-state index contributed by atoms with van der Waals surface area (Å²) in [6, 6.07) is 10.7. The number of piperidine rings is 1. The number of halogens is 3. The minimum absolute atomic E-state index is 0.204. The van der Waals surface area contributed by atoms with Crippen molar-refractivity contribution in [3.05, 3.63) is 93.2 Å². The minimum Gasteiger partial charge on any atom is -0.496 e. The molecule has 2 aromatic carbocycles. The fourth-order valence-electron chi connectivity index (χ4n) is 4.78. The number of ether oxygens (including phenoxy) is 1. The monoisotopic (exact) mass is 495 g/mol. The minimum atomic E-state index is -1.48. The summed E-state index contributed by atoms with van der Waals surface area (Å²) in [4.78, 5) is 21.8. The van der Waals surface area contributed by atoms with Crippen LogP contribution in [0, 0.1) is 17.5 Å². The normalized spacial score (nSPS) is 18.8. The molecular formula is C27H24F3N3O3. The number of nitrogens with one attached hydrogen (secondary N) is 1. The van der Waals surface area contributed by atoms with E-state index in [0.717, 1.165) is 47.2 Å². The van der Waals surface area contributed by atoms with Crippen molar-refractivity contribution in [1.82, 2.24) is 9.88 Å². The number of fused-ring (bicyclic) bond motifs is 1. The maximum absolute atomic E-state index is 14.0. The molecule has 1 atom stereocenters. The van der Waals surface area contributed by atoms with E-state index in [2.05, 4.69) is 10.1 Å². The molecular weight excluding hydrogens is 471 g/mol. The predicted octanol–water partition coefficient (Wildman–Crippen LogP) is 5.42. The third-order valence-electron chi connectivity index (χ3n) is 6.46. The number of rotatable bonds is 4.